The van der Waals surface area contributed by atoms with Gasteiger partial charge in [-0.25, -0.2) is 4.90 Å². The zero-order valence-electron chi connectivity index (χ0n) is 13.9. The number of thioether (sulfide) groups is 1. The van der Waals surface area contributed by atoms with Gasteiger partial charge in [0.2, 0.25) is 0 Å². The molecule has 1 atom stereocenters. The number of hydrogen-bond acceptors (Lipinski definition) is 4. The van der Waals surface area contributed by atoms with Gasteiger partial charge in [-0.15, -0.1) is 0 Å². The van der Waals surface area contributed by atoms with Crippen molar-refractivity contribution in [3.05, 3.63) is 59.7 Å². The highest BCUT2D eigenvalue weighted by Gasteiger charge is 2.41. The number of carbonyl (C=O) groups excluding carboxylic acids is 2. The van der Waals surface area contributed by atoms with Crippen molar-refractivity contribution in [2.45, 2.75) is 32.1 Å². The lowest BCUT2D eigenvalue weighted by Crippen LogP contribution is -2.34. The van der Waals surface area contributed by atoms with Crippen molar-refractivity contribution >= 4 is 34.3 Å². The van der Waals surface area contributed by atoms with Crippen LogP contribution in [0.2, 0.25) is 0 Å². The average molecular weight is 340 g/mol. The SMILES string of the molecule is Cc1ccccc1N1C(=O)S[C@H](Nc2ccc(C(C)C)cc2)C1=O. The molecule has 1 aliphatic heterocycles. The smallest absolute Gasteiger partial charge is 0.295 e. The second-order valence-corrected chi connectivity index (χ2v) is 7.20. The molecule has 0 bridgehead atoms. The van der Waals surface area contributed by atoms with Crippen LogP contribution in [-0.4, -0.2) is 16.5 Å². The molecule has 0 spiro atoms. The first-order chi connectivity index (χ1) is 11.5. The van der Waals surface area contributed by atoms with Gasteiger partial charge in [-0.1, -0.05) is 44.2 Å². The predicted octanol–water partition coefficient (Wildman–Crippen LogP) is 4.76. The molecule has 1 N–H and O–H groups in total. The minimum atomic E-state index is -0.595. The Morgan fingerprint density at radius 1 is 1.04 bits per heavy atom. The summed E-state index contributed by atoms with van der Waals surface area (Å²) < 4.78 is 0. The molecule has 2 amide bonds. The third kappa shape index (κ3) is 3.17. The van der Waals surface area contributed by atoms with E-state index in [4.69, 9.17) is 0 Å². The molecule has 1 heterocycles. The maximum atomic E-state index is 12.7. The number of rotatable bonds is 4. The first-order valence-electron chi connectivity index (χ1n) is 7.94. The molecule has 24 heavy (non-hydrogen) atoms. The minimum absolute atomic E-state index is 0.229. The molecule has 3 rings (SSSR count). The topological polar surface area (TPSA) is 49.4 Å². The van der Waals surface area contributed by atoms with Crippen LogP contribution in [0.15, 0.2) is 48.5 Å². The summed E-state index contributed by atoms with van der Waals surface area (Å²) in [7, 11) is 0. The number of imide groups is 1. The molecule has 1 aliphatic rings. The third-order valence-electron chi connectivity index (χ3n) is 4.08. The van der Waals surface area contributed by atoms with Crippen molar-refractivity contribution in [2.75, 3.05) is 10.2 Å². The van der Waals surface area contributed by atoms with Crippen molar-refractivity contribution in [3.63, 3.8) is 0 Å². The molecule has 5 heteroatoms. The van der Waals surface area contributed by atoms with Gasteiger partial charge >= 0.3 is 0 Å². The predicted molar refractivity (Wildman–Crippen MR) is 99.6 cm³/mol. The third-order valence-corrected chi connectivity index (χ3v) is 5.02. The van der Waals surface area contributed by atoms with Gasteiger partial charge in [0, 0.05) is 5.69 Å². The number of aryl methyl sites for hydroxylation is 1. The Balaban J connectivity index is 1.78. The van der Waals surface area contributed by atoms with E-state index in [9.17, 15) is 9.59 Å². The highest BCUT2D eigenvalue weighted by Crippen LogP contribution is 2.34. The molecular weight excluding hydrogens is 320 g/mol. The van der Waals surface area contributed by atoms with Gasteiger partial charge in [0.15, 0.2) is 5.37 Å². The lowest BCUT2D eigenvalue weighted by molar-refractivity contribution is -0.116. The second-order valence-electron chi connectivity index (χ2n) is 6.14. The molecular formula is C19H20N2O2S. The van der Waals surface area contributed by atoms with Crippen LogP contribution in [0, 0.1) is 6.92 Å². The molecule has 1 saturated heterocycles. The highest BCUT2D eigenvalue weighted by atomic mass is 32.2. The van der Waals surface area contributed by atoms with Crippen molar-refractivity contribution in [3.8, 4) is 0 Å². The van der Waals surface area contributed by atoms with E-state index >= 15 is 0 Å². The van der Waals surface area contributed by atoms with Crippen LogP contribution < -0.4 is 10.2 Å². The summed E-state index contributed by atoms with van der Waals surface area (Å²) in [6.45, 7) is 6.17. The summed E-state index contributed by atoms with van der Waals surface area (Å²) in [5.41, 5.74) is 3.63. The van der Waals surface area contributed by atoms with E-state index in [1.807, 2.05) is 49.4 Å². The first-order valence-corrected chi connectivity index (χ1v) is 8.82. The molecule has 4 nitrogen and oxygen atoms in total. The average Bonchev–Trinajstić information content (AvgIpc) is 2.83. The molecule has 0 aromatic heterocycles. The van der Waals surface area contributed by atoms with Gasteiger partial charge in [0.1, 0.15) is 0 Å². The van der Waals surface area contributed by atoms with Crippen LogP contribution in [0.1, 0.15) is 30.9 Å². The molecule has 0 unspecified atom stereocenters. The van der Waals surface area contributed by atoms with Gasteiger partial charge in [0.25, 0.3) is 11.1 Å². The summed E-state index contributed by atoms with van der Waals surface area (Å²) in [5, 5.41) is 2.32. The summed E-state index contributed by atoms with van der Waals surface area (Å²) in [5.74, 6) is 0.229. The fourth-order valence-corrected chi connectivity index (χ4v) is 3.55. The quantitative estimate of drug-likeness (QED) is 0.872. The van der Waals surface area contributed by atoms with Crippen LogP contribution in [0.25, 0.3) is 0 Å². The molecule has 1 fully saturated rings. The van der Waals surface area contributed by atoms with Crippen LogP contribution in [0.5, 0.6) is 0 Å². The fraction of sp³-hybridized carbons (Fsp3) is 0.263. The van der Waals surface area contributed by atoms with E-state index < -0.39 is 5.37 Å². The number of nitrogens with zero attached hydrogens (tertiary/aromatic N) is 1. The molecule has 0 saturated carbocycles. The van der Waals surface area contributed by atoms with Crippen molar-refractivity contribution in [1.29, 1.82) is 0 Å². The zero-order chi connectivity index (χ0) is 17.3. The molecule has 2 aromatic rings. The number of benzene rings is 2. The zero-order valence-corrected chi connectivity index (χ0v) is 14.8. The summed E-state index contributed by atoms with van der Waals surface area (Å²) >= 11 is 1.02. The first kappa shape index (κ1) is 16.6. The number of carbonyl (C=O) groups is 2. The van der Waals surface area contributed by atoms with Crippen LogP contribution >= 0.6 is 11.8 Å². The fourth-order valence-electron chi connectivity index (χ4n) is 2.65. The Bertz CT molecular complexity index is 771. The maximum absolute atomic E-state index is 12.7. The minimum Gasteiger partial charge on any atom is -0.365 e. The molecule has 124 valence electrons. The van der Waals surface area contributed by atoms with Gasteiger partial charge < -0.3 is 5.32 Å². The summed E-state index contributed by atoms with van der Waals surface area (Å²) in [4.78, 5) is 26.2. The number of anilines is 2. The Morgan fingerprint density at radius 3 is 2.33 bits per heavy atom. The van der Waals surface area contributed by atoms with Crippen LogP contribution in [-0.2, 0) is 4.79 Å². The highest BCUT2D eigenvalue weighted by molar-refractivity contribution is 8.16. The monoisotopic (exact) mass is 340 g/mol. The number of amides is 2. The number of hydrogen-bond donors (Lipinski definition) is 1. The van der Waals surface area contributed by atoms with Crippen molar-refractivity contribution < 1.29 is 9.59 Å². The standard InChI is InChI=1S/C19H20N2O2S/c1-12(2)14-8-10-15(11-9-14)20-17-18(22)21(19(23)24-17)16-7-5-4-6-13(16)3/h4-12,17,20H,1-3H3/t17-/m0/s1. The van der Waals surface area contributed by atoms with Crippen molar-refractivity contribution in [2.24, 2.45) is 0 Å². The Morgan fingerprint density at radius 2 is 1.71 bits per heavy atom. The molecule has 0 radical (unpaired) electrons. The Labute approximate surface area is 146 Å². The van der Waals surface area contributed by atoms with Gasteiger partial charge in [-0.2, -0.15) is 0 Å². The molecule has 0 aliphatic carbocycles. The van der Waals surface area contributed by atoms with Crippen molar-refractivity contribution in [1.82, 2.24) is 0 Å². The Hall–Kier alpha value is -2.27. The van der Waals surface area contributed by atoms with E-state index in [0.717, 1.165) is 23.0 Å². The lowest BCUT2D eigenvalue weighted by Gasteiger charge is -2.17. The normalized spacial score (nSPS) is 17.7. The number of para-hydroxylation sites is 1. The second kappa shape index (κ2) is 6.69. The van der Waals surface area contributed by atoms with E-state index in [0.29, 0.717) is 11.6 Å². The number of nitrogens with one attached hydrogen (secondary N) is 1. The van der Waals surface area contributed by atoms with Gasteiger partial charge in [-0.3, -0.25) is 9.59 Å². The van der Waals surface area contributed by atoms with Gasteiger partial charge in [0.05, 0.1) is 5.69 Å². The largest absolute Gasteiger partial charge is 0.365 e. The van der Waals surface area contributed by atoms with E-state index in [1.165, 1.54) is 10.5 Å². The van der Waals surface area contributed by atoms with Crippen LogP contribution in [0.4, 0.5) is 16.2 Å². The summed E-state index contributed by atoms with van der Waals surface area (Å²) in [6, 6.07) is 15.4. The lowest BCUT2D eigenvalue weighted by atomic mass is 10.0. The van der Waals surface area contributed by atoms with Crippen LogP contribution in [0.3, 0.4) is 0 Å². The maximum Gasteiger partial charge on any atom is 0.295 e. The molecule has 2 aromatic carbocycles. The van der Waals surface area contributed by atoms with E-state index in [-0.39, 0.29) is 11.1 Å². The van der Waals surface area contributed by atoms with E-state index in [2.05, 4.69) is 19.2 Å². The summed E-state index contributed by atoms with van der Waals surface area (Å²) in [6.07, 6.45) is 0. The van der Waals surface area contributed by atoms with E-state index in [1.54, 1.807) is 6.07 Å². The van der Waals surface area contributed by atoms with Gasteiger partial charge in [-0.05, 0) is 53.9 Å². The Kier molecular flexibility index (Phi) is 4.62.